The summed E-state index contributed by atoms with van der Waals surface area (Å²) >= 11 is 0. The third kappa shape index (κ3) is 2.19. The predicted molar refractivity (Wildman–Crippen MR) is 61.8 cm³/mol. The quantitative estimate of drug-likeness (QED) is 0.761. The third-order valence-corrected chi connectivity index (χ3v) is 4.30. The summed E-state index contributed by atoms with van der Waals surface area (Å²) in [5, 5.41) is 0. The molecule has 0 amide bonds. The van der Waals surface area contributed by atoms with Crippen LogP contribution in [0.15, 0.2) is 0 Å². The van der Waals surface area contributed by atoms with E-state index in [1.165, 1.54) is 12.8 Å². The van der Waals surface area contributed by atoms with Crippen LogP contribution in [-0.2, 0) is 4.74 Å². The lowest BCUT2D eigenvalue weighted by molar-refractivity contribution is -0.0299. The standard InChI is InChI=1S/C12H24N2O/c1-3-12(2,11(13)10-4-5-10)14-6-8-15-9-7-14/h10-11H,3-9,13H2,1-2H3. The molecule has 2 atom stereocenters. The first-order valence-corrected chi connectivity index (χ1v) is 6.27. The molecule has 1 aliphatic carbocycles. The summed E-state index contributed by atoms with van der Waals surface area (Å²) < 4.78 is 5.41. The van der Waals surface area contributed by atoms with Gasteiger partial charge in [-0.1, -0.05) is 6.92 Å². The van der Waals surface area contributed by atoms with Crippen LogP contribution in [0.4, 0.5) is 0 Å². The normalized spacial score (nSPS) is 29.8. The van der Waals surface area contributed by atoms with Gasteiger partial charge in [-0.05, 0) is 32.1 Å². The van der Waals surface area contributed by atoms with Crippen LogP contribution in [0.3, 0.4) is 0 Å². The van der Waals surface area contributed by atoms with Crippen molar-refractivity contribution >= 4 is 0 Å². The van der Waals surface area contributed by atoms with Crippen molar-refractivity contribution in [2.24, 2.45) is 11.7 Å². The van der Waals surface area contributed by atoms with E-state index in [4.69, 9.17) is 10.5 Å². The molecule has 15 heavy (non-hydrogen) atoms. The molecule has 88 valence electrons. The SMILES string of the molecule is CCC(C)(C(N)C1CC1)N1CCOCC1. The van der Waals surface area contributed by atoms with E-state index in [1.54, 1.807) is 0 Å². The van der Waals surface area contributed by atoms with E-state index in [9.17, 15) is 0 Å². The van der Waals surface area contributed by atoms with Crippen molar-refractivity contribution in [3.8, 4) is 0 Å². The molecule has 3 nitrogen and oxygen atoms in total. The Morgan fingerprint density at radius 3 is 2.47 bits per heavy atom. The number of hydrogen-bond donors (Lipinski definition) is 1. The fourth-order valence-corrected chi connectivity index (χ4v) is 2.71. The van der Waals surface area contributed by atoms with Gasteiger partial charge in [0.25, 0.3) is 0 Å². The number of nitrogens with two attached hydrogens (primary N) is 1. The molecule has 2 N–H and O–H groups in total. The number of nitrogens with zero attached hydrogens (tertiary/aromatic N) is 1. The maximum atomic E-state index is 6.42. The maximum absolute atomic E-state index is 6.42. The van der Waals surface area contributed by atoms with Crippen molar-refractivity contribution in [3.05, 3.63) is 0 Å². The van der Waals surface area contributed by atoms with Gasteiger partial charge in [0.1, 0.15) is 0 Å². The van der Waals surface area contributed by atoms with Crippen LogP contribution >= 0.6 is 0 Å². The lowest BCUT2D eigenvalue weighted by Gasteiger charge is -2.46. The minimum Gasteiger partial charge on any atom is -0.379 e. The van der Waals surface area contributed by atoms with Crippen molar-refractivity contribution in [1.29, 1.82) is 0 Å². The topological polar surface area (TPSA) is 38.5 Å². The minimum atomic E-state index is 0.185. The molecule has 2 rings (SSSR count). The molecular formula is C12H24N2O. The molecule has 2 aliphatic rings. The second kappa shape index (κ2) is 4.40. The monoisotopic (exact) mass is 212 g/mol. The molecular weight excluding hydrogens is 188 g/mol. The fraction of sp³-hybridized carbons (Fsp3) is 1.00. The van der Waals surface area contributed by atoms with Crippen LogP contribution in [0, 0.1) is 5.92 Å². The Morgan fingerprint density at radius 1 is 1.40 bits per heavy atom. The van der Waals surface area contributed by atoms with Gasteiger partial charge in [-0.3, -0.25) is 4.90 Å². The lowest BCUT2D eigenvalue weighted by atomic mass is 9.84. The highest BCUT2D eigenvalue weighted by Crippen LogP contribution is 2.39. The number of ether oxygens (including phenoxy) is 1. The Morgan fingerprint density at radius 2 is 2.00 bits per heavy atom. The Balaban J connectivity index is 2.03. The molecule has 3 heteroatoms. The van der Waals surface area contributed by atoms with Crippen LogP contribution in [0.25, 0.3) is 0 Å². The van der Waals surface area contributed by atoms with Gasteiger partial charge >= 0.3 is 0 Å². The van der Waals surface area contributed by atoms with Gasteiger partial charge in [0.15, 0.2) is 0 Å². The van der Waals surface area contributed by atoms with Gasteiger partial charge in [-0.25, -0.2) is 0 Å². The highest BCUT2D eigenvalue weighted by molar-refractivity contribution is 5.02. The summed E-state index contributed by atoms with van der Waals surface area (Å²) in [4.78, 5) is 2.54. The second-order valence-electron chi connectivity index (χ2n) is 5.17. The molecule has 0 spiro atoms. The highest BCUT2D eigenvalue weighted by Gasteiger charge is 2.44. The molecule has 2 unspecified atom stereocenters. The van der Waals surface area contributed by atoms with Crippen molar-refractivity contribution in [2.45, 2.75) is 44.7 Å². The molecule has 0 aromatic carbocycles. The smallest absolute Gasteiger partial charge is 0.0594 e. The van der Waals surface area contributed by atoms with Gasteiger partial charge < -0.3 is 10.5 Å². The molecule has 0 aromatic rings. The molecule has 1 aliphatic heterocycles. The van der Waals surface area contributed by atoms with E-state index >= 15 is 0 Å². The van der Waals surface area contributed by atoms with Crippen molar-refractivity contribution < 1.29 is 4.74 Å². The summed E-state index contributed by atoms with van der Waals surface area (Å²) in [5.41, 5.74) is 6.60. The van der Waals surface area contributed by atoms with E-state index in [0.717, 1.165) is 38.6 Å². The first-order chi connectivity index (χ1) is 7.18. The second-order valence-corrected chi connectivity index (χ2v) is 5.17. The summed E-state index contributed by atoms with van der Waals surface area (Å²) in [7, 11) is 0. The number of morpholine rings is 1. The van der Waals surface area contributed by atoms with E-state index in [1.807, 2.05) is 0 Å². The third-order valence-electron chi connectivity index (χ3n) is 4.30. The maximum Gasteiger partial charge on any atom is 0.0594 e. The molecule has 2 fully saturated rings. The Labute approximate surface area is 93.0 Å². The first kappa shape index (κ1) is 11.4. The Hall–Kier alpha value is -0.120. The van der Waals surface area contributed by atoms with Crippen LogP contribution in [0.1, 0.15) is 33.1 Å². The summed E-state index contributed by atoms with van der Waals surface area (Å²) in [5.74, 6) is 0.776. The van der Waals surface area contributed by atoms with E-state index in [-0.39, 0.29) is 5.54 Å². The van der Waals surface area contributed by atoms with Gasteiger partial charge in [-0.2, -0.15) is 0 Å². The average Bonchev–Trinajstić information content (AvgIpc) is 3.12. The first-order valence-electron chi connectivity index (χ1n) is 6.27. The zero-order chi connectivity index (χ0) is 10.9. The van der Waals surface area contributed by atoms with E-state index < -0.39 is 0 Å². The zero-order valence-electron chi connectivity index (χ0n) is 10.0. The number of hydrogen-bond acceptors (Lipinski definition) is 3. The zero-order valence-corrected chi connectivity index (χ0v) is 10.0. The van der Waals surface area contributed by atoms with Crippen LogP contribution in [-0.4, -0.2) is 42.8 Å². The van der Waals surface area contributed by atoms with Crippen LogP contribution in [0.2, 0.25) is 0 Å². The molecule has 0 bridgehead atoms. The van der Waals surface area contributed by atoms with Gasteiger partial charge in [-0.15, -0.1) is 0 Å². The molecule has 1 heterocycles. The molecule has 0 aromatic heterocycles. The lowest BCUT2D eigenvalue weighted by Crippen LogP contribution is -2.61. The summed E-state index contributed by atoms with van der Waals surface area (Å²) in [6, 6.07) is 0.348. The predicted octanol–water partition coefficient (Wildman–Crippen LogP) is 1.22. The van der Waals surface area contributed by atoms with Crippen LogP contribution < -0.4 is 5.73 Å². The molecule has 0 radical (unpaired) electrons. The summed E-state index contributed by atoms with van der Waals surface area (Å²) in [6.07, 6.45) is 3.81. The highest BCUT2D eigenvalue weighted by atomic mass is 16.5. The van der Waals surface area contributed by atoms with E-state index in [2.05, 4.69) is 18.7 Å². The van der Waals surface area contributed by atoms with Crippen molar-refractivity contribution in [2.75, 3.05) is 26.3 Å². The van der Waals surface area contributed by atoms with Gasteiger partial charge in [0.2, 0.25) is 0 Å². The fourth-order valence-electron chi connectivity index (χ4n) is 2.71. The van der Waals surface area contributed by atoms with Crippen LogP contribution in [0.5, 0.6) is 0 Å². The largest absolute Gasteiger partial charge is 0.379 e. The van der Waals surface area contributed by atoms with Gasteiger partial charge in [0, 0.05) is 24.7 Å². The molecule has 1 saturated carbocycles. The minimum absolute atomic E-state index is 0.185. The van der Waals surface area contributed by atoms with E-state index in [0.29, 0.717) is 6.04 Å². The number of rotatable bonds is 4. The Bertz CT molecular complexity index is 212. The summed E-state index contributed by atoms with van der Waals surface area (Å²) in [6.45, 7) is 8.43. The molecule has 1 saturated heterocycles. The van der Waals surface area contributed by atoms with Gasteiger partial charge in [0.05, 0.1) is 13.2 Å². The van der Waals surface area contributed by atoms with Crippen molar-refractivity contribution in [3.63, 3.8) is 0 Å². The van der Waals surface area contributed by atoms with Crippen molar-refractivity contribution in [1.82, 2.24) is 4.90 Å². The average molecular weight is 212 g/mol. The Kier molecular flexibility index (Phi) is 3.33.